The maximum atomic E-state index is 5.44. The number of hydrogen-bond donors (Lipinski definition) is 0. The number of hydrogen-bond acceptors (Lipinski definition) is 4. The maximum absolute atomic E-state index is 5.44. The molecule has 0 aliphatic carbocycles. The zero-order valence-electron chi connectivity index (χ0n) is 8.11. The Labute approximate surface area is 95.4 Å². The largest absolute Gasteiger partial charge is 0.484 e. The van der Waals surface area contributed by atoms with Crippen LogP contribution in [0.25, 0.3) is 0 Å². The molecule has 5 heteroatoms. The van der Waals surface area contributed by atoms with Crippen molar-refractivity contribution in [3.63, 3.8) is 0 Å². The van der Waals surface area contributed by atoms with Crippen LogP contribution in [0.15, 0.2) is 33.2 Å². The molecule has 2 aromatic rings. The number of halogens is 1. The van der Waals surface area contributed by atoms with Gasteiger partial charge in [-0.1, -0.05) is 15.9 Å². The lowest BCUT2D eigenvalue weighted by molar-refractivity contribution is 0.260. The number of nitrogens with zero attached hydrogens (tertiary/aromatic N) is 2. The lowest BCUT2D eigenvalue weighted by Crippen LogP contribution is -1.95. The Morgan fingerprint density at radius 1 is 1.27 bits per heavy atom. The van der Waals surface area contributed by atoms with Crippen molar-refractivity contribution in [2.24, 2.45) is 0 Å². The fraction of sp³-hybridized carbons (Fsp3) is 0.200. The van der Waals surface area contributed by atoms with E-state index in [2.05, 4.69) is 26.1 Å². The molecule has 78 valence electrons. The summed E-state index contributed by atoms with van der Waals surface area (Å²) in [6.07, 6.45) is 0. The van der Waals surface area contributed by atoms with Gasteiger partial charge in [-0.15, -0.1) is 10.2 Å². The van der Waals surface area contributed by atoms with Crippen LogP contribution in [-0.2, 0) is 6.61 Å². The fourth-order valence-corrected chi connectivity index (χ4v) is 1.34. The van der Waals surface area contributed by atoms with Gasteiger partial charge in [0, 0.05) is 11.4 Å². The van der Waals surface area contributed by atoms with E-state index in [1.54, 1.807) is 6.92 Å². The molecule has 1 aromatic carbocycles. The Kier molecular flexibility index (Phi) is 3.01. The third kappa shape index (κ3) is 2.79. The van der Waals surface area contributed by atoms with E-state index in [0.29, 0.717) is 18.4 Å². The minimum Gasteiger partial charge on any atom is -0.484 e. The highest BCUT2D eigenvalue weighted by atomic mass is 79.9. The molecule has 0 atom stereocenters. The fourth-order valence-electron chi connectivity index (χ4n) is 1.07. The highest BCUT2D eigenvalue weighted by molar-refractivity contribution is 9.10. The van der Waals surface area contributed by atoms with Crippen LogP contribution in [-0.4, -0.2) is 10.2 Å². The molecule has 0 N–H and O–H groups in total. The summed E-state index contributed by atoms with van der Waals surface area (Å²) in [7, 11) is 0. The number of aryl methyl sites for hydroxylation is 1. The number of rotatable bonds is 3. The van der Waals surface area contributed by atoms with Gasteiger partial charge >= 0.3 is 0 Å². The van der Waals surface area contributed by atoms with E-state index in [-0.39, 0.29) is 0 Å². The number of benzene rings is 1. The molecule has 0 saturated heterocycles. The molecule has 1 heterocycles. The minimum absolute atomic E-state index is 0.294. The molecule has 0 unspecified atom stereocenters. The Hall–Kier alpha value is -1.36. The van der Waals surface area contributed by atoms with Crippen molar-refractivity contribution in [3.8, 4) is 5.75 Å². The molecular formula is C10H9BrN2O2. The molecule has 0 spiro atoms. The van der Waals surface area contributed by atoms with Crippen molar-refractivity contribution in [2.75, 3.05) is 0 Å². The number of aromatic nitrogens is 2. The van der Waals surface area contributed by atoms with Crippen LogP contribution in [0, 0.1) is 6.92 Å². The first-order valence-electron chi connectivity index (χ1n) is 4.41. The molecular weight excluding hydrogens is 260 g/mol. The van der Waals surface area contributed by atoms with Crippen LogP contribution in [0.2, 0.25) is 0 Å². The Morgan fingerprint density at radius 3 is 2.60 bits per heavy atom. The van der Waals surface area contributed by atoms with Gasteiger partial charge < -0.3 is 9.15 Å². The predicted octanol–water partition coefficient (Wildman–Crippen LogP) is 2.72. The predicted molar refractivity (Wildman–Crippen MR) is 57.5 cm³/mol. The van der Waals surface area contributed by atoms with Crippen molar-refractivity contribution in [2.45, 2.75) is 13.5 Å². The molecule has 0 radical (unpaired) electrons. The van der Waals surface area contributed by atoms with Crippen molar-refractivity contribution < 1.29 is 9.15 Å². The van der Waals surface area contributed by atoms with Crippen LogP contribution in [0.1, 0.15) is 11.8 Å². The second kappa shape index (κ2) is 4.44. The minimum atomic E-state index is 0.294. The molecule has 0 amide bonds. The molecule has 1 aromatic heterocycles. The van der Waals surface area contributed by atoms with Crippen LogP contribution in [0.5, 0.6) is 5.75 Å². The summed E-state index contributed by atoms with van der Waals surface area (Å²) in [5.74, 6) is 1.80. The van der Waals surface area contributed by atoms with Crippen molar-refractivity contribution in [1.82, 2.24) is 10.2 Å². The average molecular weight is 269 g/mol. The third-order valence-corrected chi connectivity index (χ3v) is 2.27. The van der Waals surface area contributed by atoms with Crippen molar-refractivity contribution in [3.05, 3.63) is 40.5 Å². The Balaban J connectivity index is 1.96. The molecule has 0 aliphatic rings. The molecule has 0 bridgehead atoms. The van der Waals surface area contributed by atoms with Gasteiger partial charge in [0.25, 0.3) is 5.89 Å². The summed E-state index contributed by atoms with van der Waals surface area (Å²) in [6, 6.07) is 7.56. The molecule has 0 saturated carbocycles. The molecule has 0 aliphatic heterocycles. The van der Waals surface area contributed by atoms with E-state index in [1.807, 2.05) is 24.3 Å². The SMILES string of the molecule is Cc1nnc(COc2ccc(Br)cc2)o1. The number of ether oxygens (including phenoxy) is 1. The second-order valence-corrected chi connectivity index (χ2v) is 3.87. The summed E-state index contributed by atoms with van der Waals surface area (Å²) >= 11 is 3.35. The van der Waals surface area contributed by atoms with E-state index in [0.717, 1.165) is 10.2 Å². The molecule has 2 rings (SSSR count). The monoisotopic (exact) mass is 268 g/mol. The van der Waals surface area contributed by atoms with E-state index in [4.69, 9.17) is 9.15 Å². The average Bonchev–Trinajstić information content (AvgIpc) is 2.64. The van der Waals surface area contributed by atoms with E-state index < -0.39 is 0 Å². The van der Waals surface area contributed by atoms with Gasteiger partial charge in [-0.2, -0.15) is 0 Å². The van der Waals surface area contributed by atoms with Gasteiger partial charge in [0.2, 0.25) is 5.89 Å². The first-order chi connectivity index (χ1) is 7.24. The van der Waals surface area contributed by atoms with Crippen LogP contribution in [0.3, 0.4) is 0 Å². The topological polar surface area (TPSA) is 48.2 Å². The lowest BCUT2D eigenvalue weighted by Gasteiger charge is -2.02. The smallest absolute Gasteiger partial charge is 0.253 e. The van der Waals surface area contributed by atoms with Crippen LogP contribution >= 0.6 is 15.9 Å². The second-order valence-electron chi connectivity index (χ2n) is 2.96. The van der Waals surface area contributed by atoms with Crippen LogP contribution in [0.4, 0.5) is 0 Å². The summed E-state index contributed by atoms with van der Waals surface area (Å²) in [5, 5.41) is 7.54. The summed E-state index contributed by atoms with van der Waals surface area (Å²) in [4.78, 5) is 0. The van der Waals surface area contributed by atoms with Crippen molar-refractivity contribution in [1.29, 1.82) is 0 Å². The molecule has 15 heavy (non-hydrogen) atoms. The highest BCUT2D eigenvalue weighted by Crippen LogP contribution is 2.17. The zero-order chi connectivity index (χ0) is 10.7. The maximum Gasteiger partial charge on any atom is 0.253 e. The molecule has 4 nitrogen and oxygen atoms in total. The van der Waals surface area contributed by atoms with E-state index in [1.165, 1.54) is 0 Å². The third-order valence-electron chi connectivity index (χ3n) is 1.74. The first-order valence-corrected chi connectivity index (χ1v) is 5.21. The van der Waals surface area contributed by atoms with E-state index in [9.17, 15) is 0 Å². The van der Waals surface area contributed by atoms with Gasteiger partial charge in [0.15, 0.2) is 6.61 Å². The highest BCUT2D eigenvalue weighted by Gasteiger charge is 2.02. The summed E-state index contributed by atoms with van der Waals surface area (Å²) < 4.78 is 11.6. The first kappa shape index (κ1) is 10.2. The van der Waals surface area contributed by atoms with Gasteiger partial charge in [0.1, 0.15) is 5.75 Å². The van der Waals surface area contributed by atoms with Crippen molar-refractivity contribution >= 4 is 15.9 Å². The zero-order valence-corrected chi connectivity index (χ0v) is 9.69. The van der Waals surface area contributed by atoms with E-state index >= 15 is 0 Å². The summed E-state index contributed by atoms with van der Waals surface area (Å²) in [5.41, 5.74) is 0. The lowest BCUT2D eigenvalue weighted by atomic mass is 10.3. The normalized spacial score (nSPS) is 10.3. The van der Waals surface area contributed by atoms with Gasteiger partial charge in [-0.05, 0) is 24.3 Å². The quantitative estimate of drug-likeness (QED) is 0.859. The van der Waals surface area contributed by atoms with Crippen LogP contribution < -0.4 is 4.74 Å². The van der Waals surface area contributed by atoms with Gasteiger partial charge in [-0.25, -0.2) is 0 Å². The molecule has 0 fully saturated rings. The summed E-state index contributed by atoms with van der Waals surface area (Å²) in [6.45, 7) is 2.04. The Bertz CT molecular complexity index is 439. The van der Waals surface area contributed by atoms with Gasteiger partial charge in [0.05, 0.1) is 0 Å². The van der Waals surface area contributed by atoms with Gasteiger partial charge in [-0.3, -0.25) is 0 Å². The Morgan fingerprint density at radius 2 is 2.00 bits per heavy atom. The standard InChI is InChI=1S/C10H9BrN2O2/c1-7-12-13-10(15-7)6-14-9-4-2-8(11)3-5-9/h2-5H,6H2,1H3.